The highest BCUT2D eigenvalue weighted by molar-refractivity contribution is 6.30. The first-order valence-corrected chi connectivity index (χ1v) is 6.52. The number of likely N-dealkylation sites (N-methyl/N-ethyl adjacent to an activating group) is 1. The Morgan fingerprint density at radius 2 is 2.26 bits per heavy atom. The van der Waals surface area contributed by atoms with Crippen molar-refractivity contribution in [3.63, 3.8) is 0 Å². The van der Waals surface area contributed by atoms with Gasteiger partial charge in [-0.15, -0.1) is 0 Å². The van der Waals surface area contributed by atoms with Crippen molar-refractivity contribution in [3.8, 4) is 0 Å². The molecule has 5 heteroatoms. The van der Waals surface area contributed by atoms with E-state index in [-0.39, 0.29) is 0 Å². The fraction of sp³-hybridized carbons (Fsp3) is 0.357. The van der Waals surface area contributed by atoms with Gasteiger partial charge in [-0.1, -0.05) is 23.7 Å². The highest BCUT2D eigenvalue weighted by Crippen LogP contribution is 2.18. The Hall–Kier alpha value is -1.36. The van der Waals surface area contributed by atoms with Crippen LogP contribution in [0.1, 0.15) is 17.2 Å². The molecule has 0 aliphatic heterocycles. The molecule has 0 saturated carbocycles. The molecule has 2 rings (SSSR count). The van der Waals surface area contributed by atoms with Crippen molar-refractivity contribution in [1.82, 2.24) is 14.7 Å². The van der Waals surface area contributed by atoms with Gasteiger partial charge in [-0.25, -0.2) is 0 Å². The number of nitrogens with zero attached hydrogens (tertiary/aromatic N) is 3. The molecule has 1 aromatic heterocycles. The van der Waals surface area contributed by atoms with Crippen molar-refractivity contribution in [1.29, 1.82) is 0 Å². The third kappa shape index (κ3) is 4.06. The molecule has 0 amide bonds. The third-order valence-electron chi connectivity index (χ3n) is 2.93. The number of hydrogen-bond acceptors (Lipinski definition) is 3. The predicted molar refractivity (Wildman–Crippen MR) is 76.0 cm³/mol. The van der Waals surface area contributed by atoms with Crippen LogP contribution >= 0.6 is 11.6 Å². The van der Waals surface area contributed by atoms with Crippen LogP contribution in [0.4, 0.5) is 0 Å². The number of aliphatic hydroxyl groups is 1. The highest BCUT2D eigenvalue weighted by Gasteiger charge is 2.11. The molecule has 0 saturated heterocycles. The lowest BCUT2D eigenvalue weighted by Gasteiger charge is -2.20. The van der Waals surface area contributed by atoms with Crippen LogP contribution in [0, 0.1) is 0 Å². The molecule has 1 N–H and O–H groups in total. The van der Waals surface area contributed by atoms with Crippen molar-refractivity contribution >= 4 is 11.6 Å². The number of benzene rings is 1. The lowest BCUT2D eigenvalue weighted by Crippen LogP contribution is -2.24. The van der Waals surface area contributed by atoms with E-state index in [4.69, 9.17) is 11.6 Å². The SMILES string of the molecule is CN(Cc1cnn(C)c1)CC(O)c1cccc(Cl)c1. The van der Waals surface area contributed by atoms with Crippen LogP contribution in [0.3, 0.4) is 0 Å². The largest absolute Gasteiger partial charge is 0.387 e. The van der Waals surface area contributed by atoms with Gasteiger partial charge in [0.05, 0.1) is 12.3 Å². The molecule has 102 valence electrons. The van der Waals surface area contributed by atoms with Gasteiger partial charge in [0, 0.05) is 36.9 Å². The zero-order chi connectivity index (χ0) is 13.8. The molecule has 2 aromatic rings. The average Bonchev–Trinajstić information content (AvgIpc) is 2.74. The Balaban J connectivity index is 1.93. The summed E-state index contributed by atoms with van der Waals surface area (Å²) in [6.07, 6.45) is 3.27. The number of aromatic nitrogens is 2. The molecule has 0 fully saturated rings. The molecule has 0 aliphatic rings. The van der Waals surface area contributed by atoms with Crippen LogP contribution in [-0.2, 0) is 13.6 Å². The van der Waals surface area contributed by atoms with Gasteiger partial charge in [0.1, 0.15) is 0 Å². The predicted octanol–water partition coefficient (Wildman–Crippen LogP) is 2.24. The molecule has 19 heavy (non-hydrogen) atoms. The van der Waals surface area contributed by atoms with Gasteiger partial charge in [-0.3, -0.25) is 9.58 Å². The van der Waals surface area contributed by atoms with Gasteiger partial charge >= 0.3 is 0 Å². The van der Waals surface area contributed by atoms with Gasteiger partial charge in [0.25, 0.3) is 0 Å². The van der Waals surface area contributed by atoms with Crippen LogP contribution < -0.4 is 0 Å². The average molecular weight is 280 g/mol. The van der Waals surface area contributed by atoms with E-state index in [0.717, 1.165) is 17.7 Å². The minimum Gasteiger partial charge on any atom is -0.387 e. The van der Waals surface area contributed by atoms with E-state index < -0.39 is 6.10 Å². The summed E-state index contributed by atoms with van der Waals surface area (Å²) in [4.78, 5) is 2.06. The molecule has 1 heterocycles. The van der Waals surface area contributed by atoms with Crippen LogP contribution in [-0.4, -0.2) is 33.4 Å². The van der Waals surface area contributed by atoms with E-state index in [0.29, 0.717) is 11.6 Å². The van der Waals surface area contributed by atoms with Gasteiger partial charge < -0.3 is 5.11 Å². The van der Waals surface area contributed by atoms with Crippen molar-refractivity contribution < 1.29 is 5.11 Å². The van der Waals surface area contributed by atoms with Crippen molar-refractivity contribution in [2.24, 2.45) is 7.05 Å². The molecule has 0 spiro atoms. The minimum absolute atomic E-state index is 0.541. The second kappa shape index (κ2) is 6.19. The Labute approximate surface area is 118 Å². The summed E-state index contributed by atoms with van der Waals surface area (Å²) in [5, 5.41) is 15.0. The monoisotopic (exact) mass is 279 g/mol. The van der Waals surface area contributed by atoms with E-state index in [1.165, 1.54) is 0 Å². The lowest BCUT2D eigenvalue weighted by atomic mass is 10.1. The molecule has 0 bridgehead atoms. The maximum absolute atomic E-state index is 10.2. The van der Waals surface area contributed by atoms with Gasteiger partial charge in [0.2, 0.25) is 0 Å². The van der Waals surface area contributed by atoms with Crippen LogP contribution in [0.15, 0.2) is 36.7 Å². The normalized spacial score (nSPS) is 12.9. The Morgan fingerprint density at radius 3 is 2.89 bits per heavy atom. The Kier molecular flexibility index (Phi) is 4.58. The molecule has 1 unspecified atom stereocenters. The molecular formula is C14H18ClN3O. The third-order valence-corrected chi connectivity index (χ3v) is 3.16. The summed E-state index contributed by atoms with van der Waals surface area (Å²) in [6.45, 7) is 1.31. The number of hydrogen-bond donors (Lipinski definition) is 1. The highest BCUT2D eigenvalue weighted by atomic mass is 35.5. The molecule has 0 aliphatic carbocycles. The second-order valence-corrected chi connectivity index (χ2v) is 5.23. The second-order valence-electron chi connectivity index (χ2n) is 4.79. The van der Waals surface area contributed by atoms with E-state index in [2.05, 4.69) is 10.00 Å². The summed E-state index contributed by atoms with van der Waals surface area (Å²) >= 11 is 5.92. The Morgan fingerprint density at radius 1 is 1.47 bits per heavy atom. The number of halogens is 1. The Bertz CT molecular complexity index is 541. The number of rotatable bonds is 5. The van der Waals surface area contributed by atoms with Gasteiger partial charge in [-0.05, 0) is 24.7 Å². The smallest absolute Gasteiger partial charge is 0.0917 e. The summed E-state index contributed by atoms with van der Waals surface area (Å²) in [5.41, 5.74) is 1.97. The molecule has 1 aromatic carbocycles. The van der Waals surface area contributed by atoms with Crippen molar-refractivity contribution in [2.45, 2.75) is 12.6 Å². The zero-order valence-electron chi connectivity index (χ0n) is 11.1. The number of aliphatic hydroxyl groups excluding tert-OH is 1. The van der Waals surface area contributed by atoms with Gasteiger partial charge in [-0.2, -0.15) is 5.10 Å². The first kappa shape index (κ1) is 14.1. The van der Waals surface area contributed by atoms with Crippen molar-refractivity contribution in [2.75, 3.05) is 13.6 Å². The molecule has 0 radical (unpaired) electrons. The fourth-order valence-electron chi connectivity index (χ4n) is 2.04. The van der Waals surface area contributed by atoms with Crippen LogP contribution in [0.25, 0.3) is 0 Å². The van der Waals surface area contributed by atoms with E-state index >= 15 is 0 Å². The number of aryl methyl sites for hydroxylation is 1. The first-order chi connectivity index (χ1) is 9.04. The summed E-state index contributed by atoms with van der Waals surface area (Å²) in [5.74, 6) is 0. The van der Waals surface area contributed by atoms with Crippen LogP contribution in [0.5, 0.6) is 0 Å². The standard InChI is InChI=1S/C14H18ClN3O/c1-17(8-11-7-16-18(2)9-11)10-14(19)12-4-3-5-13(15)6-12/h3-7,9,14,19H,8,10H2,1-2H3. The molecule has 1 atom stereocenters. The first-order valence-electron chi connectivity index (χ1n) is 6.14. The zero-order valence-corrected chi connectivity index (χ0v) is 11.9. The summed E-state index contributed by atoms with van der Waals surface area (Å²) in [7, 11) is 3.87. The maximum Gasteiger partial charge on any atom is 0.0917 e. The van der Waals surface area contributed by atoms with Crippen LogP contribution in [0.2, 0.25) is 5.02 Å². The minimum atomic E-state index is -0.541. The summed E-state index contributed by atoms with van der Waals surface area (Å²) in [6, 6.07) is 7.33. The topological polar surface area (TPSA) is 41.3 Å². The van der Waals surface area contributed by atoms with Gasteiger partial charge in [0.15, 0.2) is 0 Å². The van der Waals surface area contributed by atoms with E-state index in [1.807, 2.05) is 38.6 Å². The van der Waals surface area contributed by atoms with Crippen molar-refractivity contribution in [3.05, 3.63) is 52.8 Å². The maximum atomic E-state index is 10.2. The quantitative estimate of drug-likeness (QED) is 0.913. The molecule has 4 nitrogen and oxygen atoms in total. The molecular weight excluding hydrogens is 262 g/mol. The lowest BCUT2D eigenvalue weighted by molar-refractivity contribution is 0.124. The van der Waals surface area contributed by atoms with E-state index in [1.54, 1.807) is 16.8 Å². The van der Waals surface area contributed by atoms with E-state index in [9.17, 15) is 5.11 Å². The summed E-state index contributed by atoms with van der Waals surface area (Å²) < 4.78 is 1.77. The fourth-order valence-corrected chi connectivity index (χ4v) is 2.24.